The number of benzene rings is 2. The molecule has 0 saturated heterocycles. The molecule has 0 aliphatic rings. The predicted octanol–water partition coefficient (Wildman–Crippen LogP) is 4.86. The number of urea groups is 1. The van der Waals surface area contributed by atoms with Crippen LogP contribution in [-0.2, 0) is 16.7 Å². The van der Waals surface area contributed by atoms with E-state index in [4.69, 9.17) is 4.18 Å². The van der Waals surface area contributed by atoms with E-state index in [0.29, 0.717) is 6.54 Å². The second-order valence-electron chi connectivity index (χ2n) is 7.14. The van der Waals surface area contributed by atoms with Gasteiger partial charge in [-0.25, -0.2) is 4.79 Å². The highest BCUT2D eigenvalue weighted by Crippen LogP contribution is 2.22. The SMILES string of the molecule is CC[C@H](C)N(Cc1cccc(OS(=O)(=O)CC)c1)C(=O)Nc1cccc(C)c1C. The summed E-state index contributed by atoms with van der Waals surface area (Å²) in [5.74, 6) is 0.150. The van der Waals surface area contributed by atoms with Crippen molar-refractivity contribution in [3.8, 4) is 5.75 Å². The third-order valence-corrected chi connectivity index (χ3v) is 6.21. The first-order valence-electron chi connectivity index (χ1n) is 9.81. The molecule has 2 aromatic rings. The third kappa shape index (κ3) is 6.22. The van der Waals surface area contributed by atoms with Crippen molar-refractivity contribution in [3.63, 3.8) is 0 Å². The molecule has 0 unspecified atom stereocenters. The number of amides is 2. The third-order valence-electron chi connectivity index (χ3n) is 5.06. The minimum Gasteiger partial charge on any atom is -0.382 e. The van der Waals surface area contributed by atoms with Gasteiger partial charge in [-0.2, -0.15) is 8.42 Å². The van der Waals surface area contributed by atoms with Crippen molar-refractivity contribution >= 4 is 21.8 Å². The topological polar surface area (TPSA) is 75.7 Å². The van der Waals surface area contributed by atoms with Crippen LogP contribution in [0.25, 0.3) is 0 Å². The van der Waals surface area contributed by atoms with Gasteiger partial charge < -0.3 is 14.4 Å². The quantitative estimate of drug-likeness (QED) is 0.621. The number of anilines is 1. The van der Waals surface area contributed by atoms with E-state index in [-0.39, 0.29) is 23.6 Å². The molecule has 2 aromatic carbocycles. The zero-order valence-electron chi connectivity index (χ0n) is 17.7. The molecule has 0 aliphatic heterocycles. The molecule has 7 heteroatoms. The smallest absolute Gasteiger partial charge is 0.322 e. The Hall–Kier alpha value is -2.54. The zero-order chi connectivity index (χ0) is 21.6. The van der Waals surface area contributed by atoms with Gasteiger partial charge >= 0.3 is 16.1 Å². The Labute approximate surface area is 174 Å². The number of carbonyl (C=O) groups is 1. The molecular weight excluding hydrogens is 388 g/mol. The van der Waals surface area contributed by atoms with E-state index in [2.05, 4.69) is 5.32 Å². The van der Waals surface area contributed by atoms with Crippen molar-refractivity contribution < 1.29 is 17.4 Å². The van der Waals surface area contributed by atoms with Crippen LogP contribution in [0.2, 0.25) is 0 Å². The van der Waals surface area contributed by atoms with E-state index in [9.17, 15) is 13.2 Å². The highest BCUT2D eigenvalue weighted by atomic mass is 32.2. The molecule has 2 amide bonds. The van der Waals surface area contributed by atoms with Crippen LogP contribution in [0.5, 0.6) is 5.75 Å². The fraction of sp³-hybridized carbons (Fsp3) is 0.409. The van der Waals surface area contributed by atoms with E-state index < -0.39 is 10.1 Å². The highest BCUT2D eigenvalue weighted by molar-refractivity contribution is 7.87. The number of hydrogen-bond donors (Lipinski definition) is 1. The fourth-order valence-corrected chi connectivity index (χ4v) is 3.33. The molecule has 0 radical (unpaired) electrons. The van der Waals surface area contributed by atoms with Gasteiger partial charge in [-0.05, 0) is 69.0 Å². The Balaban J connectivity index is 2.23. The maximum absolute atomic E-state index is 13.0. The van der Waals surface area contributed by atoms with Gasteiger partial charge in [0.25, 0.3) is 0 Å². The molecule has 0 fully saturated rings. The molecule has 2 rings (SSSR count). The molecule has 29 heavy (non-hydrogen) atoms. The van der Waals surface area contributed by atoms with Crippen LogP contribution in [0.4, 0.5) is 10.5 Å². The first kappa shape index (κ1) is 22.7. The van der Waals surface area contributed by atoms with Crippen molar-refractivity contribution in [3.05, 3.63) is 59.2 Å². The molecule has 1 atom stereocenters. The Morgan fingerprint density at radius 2 is 1.83 bits per heavy atom. The largest absolute Gasteiger partial charge is 0.382 e. The van der Waals surface area contributed by atoms with Crippen LogP contribution in [0.15, 0.2) is 42.5 Å². The van der Waals surface area contributed by atoms with Crippen LogP contribution in [-0.4, -0.2) is 31.1 Å². The summed E-state index contributed by atoms with van der Waals surface area (Å²) >= 11 is 0. The Morgan fingerprint density at radius 3 is 2.48 bits per heavy atom. The number of rotatable bonds is 8. The molecule has 6 nitrogen and oxygen atoms in total. The lowest BCUT2D eigenvalue weighted by Gasteiger charge is -2.29. The molecule has 1 N–H and O–H groups in total. The number of hydrogen-bond acceptors (Lipinski definition) is 4. The number of nitrogens with zero attached hydrogens (tertiary/aromatic N) is 1. The molecular formula is C22H30N2O4S. The van der Waals surface area contributed by atoms with Crippen LogP contribution in [0, 0.1) is 13.8 Å². The summed E-state index contributed by atoms with van der Waals surface area (Å²) in [6, 6.07) is 12.5. The van der Waals surface area contributed by atoms with Gasteiger partial charge in [0.1, 0.15) is 5.75 Å². The summed E-state index contributed by atoms with van der Waals surface area (Å²) in [5, 5.41) is 3.01. The van der Waals surface area contributed by atoms with Gasteiger partial charge in [-0.15, -0.1) is 0 Å². The highest BCUT2D eigenvalue weighted by Gasteiger charge is 2.21. The standard InChI is InChI=1S/C22H30N2O4S/c1-6-17(4)24(22(25)23-21-13-8-10-16(3)18(21)5)15-19-11-9-12-20(14-19)28-29(26,27)7-2/h8-14,17H,6-7,15H2,1-5H3,(H,23,25)/t17-/m0/s1. The predicted molar refractivity (Wildman–Crippen MR) is 117 cm³/mol. The van der Waals surface area contributed by atoms with Crippen molar-refractivity contribution in [2.24, 2.45) is 0 Å². The van der Waals surface area contributed by atoms with Gasteiger partial charge in [-0.1, -0.05) is 31.2 Å². The summed E-state index contributed by atoms with van der Waals surface area (Å²) < 4.78 is 28.6. The molecule has 0 aliphatic carbocycles. The molecule has 0 heterocycles. The van der Waals surface area contributed by atoms with Crippen molar-refractivity contribution in [1.29, 1.82) is 0 Å². The molecule has 0 spiro atoms. The Kier molecular flexibility index (Phi) is 7.67. The maximum atomic E-state index is 13.0. The van der Waals surface area contributed by atoms with Gasteiger partial charge in [0.05, 0.1) is 5.75 Å². The monoisotopic (exact) mass is 418 g/mol. The number of nitrogens with one attached hydrogen (secondary N) is 1. The summed E-state index contributed by atoms with van der Waals surface area (Å²) in [6.07, 6.45) is 0.792. The van der Waals surface area contributed by atoms with Gasteiger partial charge in [0.15, 0.2) is 0 Å². The minimum absolute atomic E-state index is 0.00376. The van der Waals surface area contributed by atoms with Crippen LogP contribution >= 0.6 is 0 Å². The van der Waals surface area contributed by atoms with E-state index in [0.717, 1.165) is 28.8 Å². The van der Waals surface area contributed by atoms with Gasteiger partial charge in [-0.3, -0.25) is 0 Å². The Morgan fingerprint density at radius 1 is 1.14 bits per heavy atom. The second kappa shape index (κ2) is 9.78. The van der Waals surface area contributed by atoms with Gasteiger partial charge in [0.2, 0.25) is 0 Å². The van der Waals surface area contributed by atoms with Crippen molar-refractivity contribution in [2.75, 3.05) is 11.1 Å². The van der Waals surface area contributed by atoms with E-state index in [1.807, 2.05) is 52.0 Å². The normalized spacial score (nSPS) is 12.3. The average molecular weight is 419 g/mol. The van der Waals surface area contributed by atoms with Crippen LogP contribution in [0.3, 0.4) is 0 Å². The number of carbonyl (C=O) groups excluding carboxylic acids is 1. The molecule has 158 valence electrons. The first-order valence-corrected chi connectivity index (χ1v) is 11.4. The Bertz CT molecular complexity index is 957. The summed E-state index contributed by atoms with van der Waals surface area (Å²) in [6.45, 7) is 9.87. The van der Waals surface area contributed by atoms with Crippen molar-refractivity contribution in [2.45, 2.75) is 53.6 Å². The van der Waals surface area contributed by atoms with Crippen molar-refractivity contribution in [1.82, 2.24) is 4.90 Å². The second-order valence-corrected chi connectivity index (χ2v) is 9.00. The summed E-state index contributed by atoms with van der Waals surface area (Å²) in [7, 11) is -3.60. The van der Waals surface area contributed by atoms with E-state index in [1.165, 1.54) is 6.92 Å². The summed E-state index contributed by atoms with van der Waals surface area (Å²) in [4.78, 5) is 14.8. The maximum Gasteiger partial charge on any atom is 0.322 e. The lowest BCUT2D eigenvalue weighted by Crippen LogP contribution is -2.40. The number of aryl methyl sites for hydroxylation is 1. The van der Waals surface area contributed by atoms with Crippen LogP contribution in [0.1, 0.15) is 43.9 Å². The molecule has 0 bridgehead atoms. The lowest BCUT2D eigenvalue weighted by atomic mass is 10.1. The van der Waals surface area contributed by atoms with E-state index >= 15 is 0 Å². The minimum atomic E-state index is -3.60. The van der Waals surface area contributed by atoms with Gasteiger partial charge in [0, 0.05) is 18.3 Å². The first-order chi connectivity index (χ1) is 13.7. The van der Waals surface area contributed by atoms with E-state index in [1.54, 1.807) is 23.1 Å². The average Bonchev–Trinajstić information content (AvgIpc) is 2.69. The molecule has 0 saturated carbocycles. The van der Waals surface area contributed by atoms with Crippen LogP contribution < -0.4 is 9.50 Å². The fourth-order valence-electron chi connectivity index (χ4n) is 2.82. The lowest BCUT2D eigenvalue weighted by molar-refractivity contribution is 0.187. The molecule has 0 aromatic heterocycles. The summed E-state index contributed by atoms with van der Waals surface area (Å²) in [5.41, 5.74) is 3.73. The zero-order valence-corrected chi connectivity index (χ0v) is 18.5.